The first kappa shape index (κ1) is 15.4. The smallest absolute Gasteiger partial charge is 0.337 e. The van der Waals surface area contributed by atoms with Crippen LogP contribution >= 0.6 is 0 Å². The Morgan fingerprint density at radius 3 is 2.86 bits per heavy atom. The molecule has 0 bridgehead atoms. The molecule has 0 saturated carbocycles. The maximum Gasteiger partial charge on any atom is 0.337 e. The molecule has 0 radical (unpaired) electrons. The molecule has 0 aliphatic carbocycles. The normalized spacial score (nSPS) is 11.4. The molecule has 0 aliphatic rings. The number of hydrogen-bond donors (Lipinski definition) is 1. The molecule has 1 N–H and O–H groups in total. The van der Waals surface area contributed by atoms with Gasteiger partial charge in [0.1, 0.15) is 17.9 Å². The number of fused-ring (bicyclic) bond motifs is 1. The molecule has 2 rings (SSSR count). The molecule has 1 heterocycles. The maximum atomic E-state index is 12.0. The third-order valence-electron chi connectivity index (χ3n) is 3.11. The topological polar surface area (TPSA) is 64.3 Å². The van der Waals surface area contributed by atoms with Crippen molar-refractivity contribution in [3.63, 3.8) is 0 Å². The Bertz CT molecular complexity index is 640. The summed E-state index contributed by atoms with van der Waals surface area (Å²) in [4.78, 5) is 15.5. The number of alkyl halides is 2. The number of carbonyl (C=O) groups is 1. The predicted octanol–water partition coefficient (Wildman–Crippen LogP) is 2.58. The van der Waals surface area contributed by atoms with Crippen molar-refractivity contribution in [2.45, 2.75) is 26.3 Å². The van der Waals surface area contributed by atoms with E-state index in [4.69, 9.17) is 4.74 Å². The number of carboxylic acids is 1. The van der Waals surface area contributed by atoms with Crippen molar-refractivity contribution < 1.29 is 23.4 Å². The number of halogens is 2. The van der Waals surface area contributed by atoms with Gasteiger partial charge in [0.25, 0.3) is 6.43 Å². The molecule has 114 valence electrons. The number of imidazole rings is 1. The quantitative estimate of drug-likeness (QED) is 0.798. The lowest BCUT2D eigenvalue weighted by molar-refractivity contribution is 0.0148. The van der Waals surface area contributed by atoms with Crippen molar-refractivity contribution >= 4 is 17.0 Å². The Morgan fingerprint density at radius 2 is 2.24 bits per heavy atom. The zero-order valence-corrected chi connectivity index (χ0v) is 11.6. The summed E-state index contributed by atoms with van der Waals surface area (Å²) in [5, 5.41) is 9.17. The van der Waals surface area contributed by atoms with Gasteiger partial charge in [0, 0.05) is 13.0 Å². The van der Waals surface area contributed by atoms with E-state index < -0.39 is 19.0 Å². The highest BCUT2D eigenvalue weighted by molar-refractivity contribution is 6.01. The number of hydrogen-bond acceptors (Lipinski definition) is 3. The van der Waals surface area contributed by atoms with Crippen LogP contribution in [0.15, 0.2) is 18.2 Å². The zero-order valence-electron chi connectivity index (χ0n) is 11.6. The van der Waals surface area contributed by atoms with Gasteiger partial charge < -0.3 is 14.4 Å². The van der Waals surface area contributed by atoms with Crippen LogP contribution in [0.4, 0.5) is 8.78 Å². The fraction of sp³-hybridized carbons (Fsp3) is 0.429. The molecule has 2 aromatic rings. The van der Waals surface area contributed by atoms with Gasteiger partial charge in [-0.15, -0.1) is 0 Å². The van der Waals surface area contributed by atoms with E-state index in [1.807, 2.05) is 11.5 Å². The van der Waals surface area contributed by atoms with Gasteiger partial charge in [0.05, 0.1) is 17.7 Å². The molecule has 0 fully saturated rings. The van der Waals surface area contributed by atoms with Crippen molar-refractivity contribution in [1.29, 1.82) is 0 Å². The summed E-state index contributed by atoms with van der Waals surface area (Å²) in [6.45, 7) is 1.78. The van der Waals surface area contributed by atoms with Crippen molar-refractivity contribution in [1.82, 2.24) is 9.55 Å². The maximum absolute atomic E-state index is 12.0. The van der Waals surface area contributed by atoms with E-state index in [0.29, 0.717) is 29.8 Å². The summed E-state index contributed by atoms with van der Waals surface area (Å²) in [7, 11) is 0. The highest BCUT2D eigenvalue weighted by Crippen LogP contribution is 2.20. The second-order valence-electron chi connectivity index (χ2n) is 4.48. The largest absolute Gasteiger partial charge is 0.478 e. The molecule has 5 nitrogen and oxygen atoms in total. The average molecular weight is 298 g/mol. The molecule has 21 heavy (non-hydrogen) atoms. The first-order valence-electron chi connectivity index (χ1n) is 6.62. The number of benzene rings is 1. The molecule has 0 amide bonds. The molecule has 0 spiro atoms. The van der Waals surface area contributed by atoms with Crippen LogP contribution in [0, 0.1) is 0 Å². The minimum atomic E-state index is -2.49. The van der Waals surface area contributed by atoms with Crippen LogP contribution in [-0.4, -0.2) is 40.3 Å². The molecule has 0 atom stereocenters. The fourth-order valence-electron chi connectivity index (χ4n) is 2.22. The van der Waals surface area contributed by atoms with E-state index in [1.54, 1.807) is 12.1 Å². The minimum Gasteiger partial charge on any atom is -0.478 e. The lowest BCUT2D eigenvalue weighted by Gasteiger charge is -2.08. The molecule has 1 aromatic carbocycles. The Morgan fingerprint density at radius 1 is 1.48 bits per heavy atom. The van der Waals surface area contributed by atoms with Gasteiger partial charge in [-0.3, -0.25) is 0 Å². The number of rotatable bonds is 7. The van der Waals surface area contributed by atoms with E-state index >= 15 is 0 Å². The molecule has 0 saturated heterocycles. The summed E-state index contributed by atoms with van der Waals surface area (Å²) in [6.07, 6.45) is -1.88. The number of aromatic carboxylic acids is 1. The lowest BCUT2D eigenvalue weighted by Crippen LogP contribution is -2.12. The molecular formula is C14H16F2N2O3. The van der Waals surface area contributed by atoms with E-state index in [0.717, 1.165) is 0 Å². The van der Waals surface area contributed by atoms with Crippen LogP contribution in [-0.2, 0) is 17.7 Å². The summed E-state index contributed by atoms with van der Waals surface area (Å²) < 4.78 is 30.8. The van der Waals surface area contributed by atoms with Gasteiger partial charge in [-0.25, -0.2) is 18.6 Å². The molecule has 1 aromatic heterocycles. The van der Waals surface area contributed by atoms with Gasteiger partial charge in [0.2, 0.25) is 0 Å². The van der Waals surface area contributed by atoms with Crippen molar-refractivity contribution in [2.24, 2.45) is 0 Å². The van der Waals surface area contributed by atoms with Gasteiger partial charge in [0.15, 0.2) is 0 Å². The lowest BCUT2D eigenvalue weighted by atomic mass is 10.2. The minimum absolute atomic E-state index is 0.125. The number of para-hydroxylation sites is 1. The van der Waals surface area contributed by atoms with E-state index in [9.17, 15) is 18.7 Å². The average Bonchev–Trinajstić information content (AvgIpc) is 2.80. The Balaban J connectivity index is 2.29. The summed E-state index contributed by atoms with van der Waals surface area (Å²) in [5.74, 6) is -0.332. The van der Waals surface area contributed by atoms with Crippen LogP contribution in [0.3, 0.4) is 0 Å². The highest BCUT2D eigenvalue weighted by atomic mass is 19.3. The molecule has 0 aliphatic heterocycles. The highest BCUT2D eigenvalue weighted by Gasteiger charge is 2.16. The van der Waals surface area contributed by atoms with Gasteiger partial charge >= 0.3 is 5.97 Å². The number of nitrogens with zero attached hydrogens (tertiary/aromatic N) is 2. The van der Waals surface area contributed by atoms with Crippen molar-refractivity contribution in [3.05, 3.63) is 29.6 Å². The zero-order chi connectivity index (χ0) is 15.4. The summed E-state index contributed by atoms with van der Waals surface area (Å²) in [5.41, 5.74) is 1.22. The Kier molecular flexibility index (Phi) is 4.85. The summed E-state index contributed by atoms with van der Waals surface area (Å²) in [6, 6.07) is 4.90. The van der Waals surface area contributed by atoms with Crippen LogP contribution in [0.5, 0.6) is 0 Å². The van der Waals surface area contributed by atoms with E-state index in [2.05, 4.69) is 4.98 Å². The number of ether oxygens (including phenoxy) is 1. The predicted molar refractivity (Wildman–Crippen MR) is 72.9 cm³/mol. The second kappa shape index (κ2) is 6.62. The van der Waals surface area contributed by atoms with Crippen LogP contribution in [0.25, 0.3) is 11.0 Å². The standard InChI is InChI=1S/C14H16F2N2O3/c1-2-12-17-13-9(14(19)20)4-3-5-10(13)18(12)6-7-21-8-11(15)16/h3-5,11H,2,6-8H2,1H3,(H,19,20). The van der Waals surface area contributed by atoms with E-state index in [-0.39, 0.29) is 12.2 Å². The van der Waals surface area contributed by atoms with Crippen molar-refractivity contribution in [2.75, 3.05) is 13.2 Å². The molecular weight excluding hydrogens is 282 g/mol. The van der Waals surface area contributed by atoms with Gasteiger partial charge in [-0.2, -0.15) is 0 Å². The Hall–Kier alpha value is -2.02. The van der Waals surface area contributed by atoms with Gasteiger partial charge in [-0.1, -0.05) is 13.0 Å². The number of aromatic nitrogens is 2. The SMILES string of the molecule is CCc1nc2c(C(=O)O)cccc2n1CCOCC(F)F. The fourth-order valence-corrected chi connectivity index (χ4v) is 2.22. The van der Waals surface area contributed by atoms with Gasteiger partial charge in [-0.05, 0) is 12.1 Å². The number of carboxylic acid groups (broad SMARTS) is 1. The second-order valence-corrected chi connectivity index (χ2v) is 4.48. The van der Waals surface area contributed by atoms with Crippen LogP contribution in [0.2, 0.25) is 0 Å². The Labute approximate surface area is 120 Å². The third kappa shape index (κ3) is 3.36. The molecule has 0 unspecified atom stereocenters. The third-order valence-corrected chi connectivity index (χ3v) is 3.11. The number of aryl methyl sites for hydroxylation is 1. The van der Waals surface area contributed by atoms with Crippen LogP contribution in [0.1, 0.15) is 23.1 Å². The first-order chi connectivity index (χ1) is 10.0. The monoisotopic (exact) mass is 298 g/mol. The van der Waals surface area contributed by atoms with Crippen molar-refractivity contribution in [3.8, 4) is 0 Å². The van der Waals surface area contributed by atoms with Crippen LogP contribution < -0.4 is 0 Å². The molecule has 7 heteroatoms. The first-order valence-corrected chi connectivity index (χ1v) is 6.62. The summed E-state index contributed by atoms with van der Waals surface area (Å²) >= 11 is 0. The van der Waals surface area contributed by atoms with E-state index in [1.165, 1.54) is 6.07 Å².